The van der Waals surface area contributed by atoms with Crippen LogP contribution in [0.15, 0.2) is 29.5 Å². The van der Waals surface area contributed by atoms with E-state index in [9.17, 15) is 4.79 Å². The van der Waals surface area contributed by atoms with Crippen LogP contribution in [0, 0.1) is 0 Å². The Labute approximate surface area is 149 Å². The van der Waals surface area contributed by atoms with E-state index in [1.165, 1.54) is 12.8 Å². The molecule has 22 heavy (non-hydrogen) atoms. The van der Waals surface area contributed by atoms with Gasteiger partial charge in [0.15, 0.2) is 5.96 Å². The van der Waals surface area contributed by atoms with E-state index in [4.69, 9.17) is 0 Å². The average Bonchev–Trinajstić information content (AvgIpc) is 2.54. The number of nitrogens with one attached hydrogen (secondary N) is 3. The SMILES string of the molecule is CCCCCNC(=NC)NCCNC(=O)c1cccnc1.I. The van der Waals surface area contributed by atoms with Crippen molar-refractivity contribution in [3.63, 3.8) is 0 Å². The van der Waals surface area contributed by atoms with Gasteiger partial charge in [-0.3, -0.25) is 14.8 Å². The van der Waals surface area contributed by atoms with Crippen LogP contribution in [0.4, 0.5) is 0 Å². The van der Waals surface area contributed by atoms with Gasteiger partial charge in [0.25, 0.3) is 5.91 Å². The molecule has 3 N–H and O–H groups in total. The Morgan fingerprint density at radius 3 is 2.55 bits per heavy atom. The summed E-state index contributed by atoms with van der Waals surface area (Å²) in [4.78, 5) is 19.8. The minimum Gasteiger partial charge on any atom is -0.356 e. The summed E-state index contributed by atoms with van der Waals surface area (Å²) in [6.07, 6.45) is 6.75. The summed E-state index contributed by atoms with van der Waals surface area (Å²) in [5, 5.41) is 9.23. The Bertz CT molecular complexity index is 439. The molecule has 0 bridgehead atoms. The normalized spacial score (nSPS) is 10.5. The zero-order valence-corrected chi connectivity index (χ0v) is 15.6. The molecule has 0 aliphatic heterocycles. The number of hydrogen-bond acceptors (Lipinski definition) is 3. The number of halogens is 1. The van der Waals surface area contributed by atoms with Crippen LogP contribution in [0.3, 0.4) is 0 Å². The number of rotatable bonds is 8. The van der Waals surface area contributed by atoms with Gasteiger partial charge < -0.3 is 16.0 Å². The summed E-state index contributed by atoms with van der Waals surface area (Å²) in [7, 11) is 1.74. The molecule has 0 aliphatic rings. The fraction of sp³-hybridized carbons (Fsp3) is 0.533. The Kier molecular flexibility index (Phi) is 12.5. The Morgan fingerprint density at radius 2 is 1.91 bits per heavy atom. The van der Waals surface area contributed by atoms with Gasteiger partial charge in [0, 0.05) is 39.1 Å². The van der Waals surface area contributed by atoms with Gasteiger partial charge in [-0.2, -0.15) is 0 Å². The number of aromatic nitrogens is 1. The highest BCUT2D eigenvalue weighted by Crippen LogP contribution is 1.94. The summed E-state index contributed by atoms with van der Waals surface area (Å²) in [6.45, 7) is 4.25. The number of carbonyl (C=O) groups is 1. The molecule has 0 saturated carbocycles. The van der Waals surface area contributed by atoms with Crippen LogP contribution in [0.5, 0.6) is 0 Å². The van der Waals surface area contributed by atoms with Crippen molar-refractivity contribution < 1.29 is 4.79 Å². The number of carbonyl (C=O) groups excluding carboxylic acids is 1. The van der Waals surface area contributed by atoms with Gasteiger partial charge in [0.2, 0.25) is 0 Å². The van der Waals surface area contributed by atoms with Crippen molar-refractivity contribution in [2.24, 2.45) is 4.99 Å². The van der Waals surface area contributed by atoms with Crippen LogP contribution in [-0.2, 0) is 0 Å². The monoisotopic (exact) mass is 419 g/mol. The van der Waals surface area contributed by atoms with E-state index in [0.717, 1.165) is 18.9 Å². The third-order valence-electron chi connectivity index (χ3n) is 2.92. The molecule has 6 nitrogen and oxygen atoms in total. The van der Waals surface area contributed by atoms with E-state index >= 15 is 0 Å². The molecule has 0 aliphatic carbocycles. The largest absolute Gasteiger partial charge is 0.356 e. The lowest BCUT2D eigenvalue weighted by atomic mass is 10.2. The lowest BCUT2D eigenvalue weighted by molar-refractivity contribution is 0.0954. The molecule has 1 rings (SSSR count). The highest BCUT2D eigenvalue weighted by molar-refractivity contribution is 14.0. The zero-order chi connectivity index (χ0) is 15.3. The smallest absolute Gasteiger partial charge is 0.252 e. The molecule has 0 saturated heterocycles. The first kappa shape index (κ1) is 20.6. The maximum absolute atomic E-state index is 11.8. The topological polar surface area (TPSA) is 78.4 Å². The van der Waals surface area contributed by atoms with Gasteiger partial charge in [0.1, 0.15) is 0 Å². The van der Waals surface area contributed by atoms with Crippen molar-refractivity contribution in [3.8, 4) is 0 Å². The first-order valence-electron chi connectivity index (χ1n) is 7.40. The second kappa shape index (κ2) is 13.3. The molecule has 0 atom stereocenters. The summed E-state index contributed by atoms with van der Waals surface area (Å²) in [6, 6.07) is 3.49. The molecule has 1 heterocycles. The number of nitrogens with zero attached hydrogens (tertiary/aromatic N) is 2. The van der Waals surface area contributed by atoms with Crippen molar-refractivity contribution in [1.82, 2.24) is 20.9 Å². The Morgan fingerprint density at radius 1 is 1.18 bits per heavy atom. The number of pyridine rings is 1. The molecule has 0 unspecified atom stereocenters. The van der Waals surface area contributed by atoms with Crippen LogP contribution in [0.2, 0.25) is 0 Å². The molecule has 1 aromatic rings. The third kappa shape index (κ3) is 8.81. The minimum atomic E-state index is -0.115. The van der Waals surface area contributed by atoms with Crippen molar-refractivity contribution in [2.45, 2.75) is 26.2 Å². The number of aliphatic imine (C=N–C) groups is 1. The maximum Gasteiger partial charge on any atom is 0.252 e. The second-order valence-electron chi connectivity index (χ2n) is 4.63. The standard InChI is InChI=1S/C15H25N5O.HI/c1-3-4-5-9-19-15(16-2)20-11-10-18-14(21)13-7-6-8-17-12-13;/h6-8,12H,3-5,9-11H2,1-2H3,(H,18,21)(H2,16,19,20);1H. The summed E-state index contributed by atoms with van der Waals surface area (Å²) in [5.74, 6) is 0.650. The molecule has 124 valence electrons. The average molecular weight is 419 g/mol. The maximum atomic E-state index is 11.8. The number of hydrogen-bond donors (Lipinski definition) is 3. The van der Waals surface area contributed by atoms with E-state index < -0.39 is 0 Å². The van der Waals surface area contributed by atoms with Crippen LogP contribution < -0.4 is 16.0 Å². The van der Waals surface area contributed by atoms with E-state index in [1.807, 2.05) is 0 Å². The van der Waals surface area contributed by atoms with Crippen molar-refractivity contribution in [1.29, 1.82) is 0 Å². The van der Waals surface area contributed by atoms with Crippen molar-refractivity contribution in [2.75, 3.05) is 26.7 Å². The Hall–Kier alpha value is -1.38. The minimum absolute atomic E-state index is 0. The molecule has 0 fully saturated rings. The number of guanidine groups is 1. The van der Waals surface area contributed by atoms with Gasteiger partial charge in [-0.1, -0.05) is 19.8 Å². The molecule has 1 aromatic heterocycles. The van der Waals surface area contributed by atoms with E-state index in [2.05, 4.69) is 32.9 Å². The highest BCUT2D eigenvalue weighted by atomic mass is 127. The van der Waals surface area contributed by atoms with Gasteiger partial charge in [-0.05, 0) is 18.6 Å². The highest BCUT2D eigenvalue weighted by Gasteiger charge is 2.03. The molecule has 7 heteroatoms. The van der Waals surface area contributed by atoms with Crippen LogP contribution >= 0.6 is 24.0 Å². The Balaban J connectivity index is 0.00000441. The van der Waals surface area contributed by atoms with E-state index in [1.54, 1.807) is 31.6 Å². The van der Waals surface area contributed by atoms with Crippen molar-refractivity contribution in [3.05, 3.63) is 30.1 Å². The summed E-state index contributed by atoms with van der Waals surface area (Å²) < 4.78 is 0. The summed E-state index contributed by atoms with van der Waals surface area (Å²) in [5.41, 5.74) is 0.569. The number of unbranched alkanes of at least 4 members (excludes halogenated alkanes) is 2. The molecular formula is C15H26IN5O. The molecular weight excluding hydrogens is 393 g/mol. The molecule has 1 amide bonds. The second-order valence-corrected chi connectivity index (χ2v) is 4.63. The van der Waals surface area contributed by atoms with Gasteiger partial charge in [0.05, 0.1) is 5.56 Å². The number of amides is 1. The van der Waals surface area contributed by atoms with Crippen LogP contribution in [-0.4, -0.2) is 43.5 Å². The third-order valence-corrected chi connectivity index (χ3v) is 2.92. The predicted molar refractivity (Wildman–Crippen MR) is 101 cm³/mol. The lowest BCUT2D eigenvalue weighted by Gasteiger charge is -2.12. The predicted octanol–water partition coefficient (Wildman–Crippen LogP) is 1.78. The quantitative estimate of drug-likeness (QED) is 0.260. The van der Waals surface area contributed by atoms with Gasteiger partial charge in [-0.15, -0.1) is 24.0 Å². The fourth-order valence-electron chi connectivity index (χ4n) is 1.76. The lowest BCUT2D eigenvalue weighted by Crippen LogP contribution is -2.41. The van der Waals surface area contributed by atoms with E-state index in [-0.39, 0.29) is 29.9 Å². The van der Waals surface area contributed by atoms with Crippen molar-refractivity contribution >= 4 is 35.8 Å². The fourth-order valence-corrected chi connectivity index (χ4v) is 1.76. The first-order valence-corrected chi connectivity index (χ1v) is 7.40. The van der Waals surface area contributed by atoms with Gasteiger partial charge in [-0.25, -0.2) is 0 Å². The molecule has 0 radical (unpaired) electrons. The van der Waals surface area contributed by atoms with Gasteiger partial charge >= 0.3 is 0 Å². The van der Waals surface area contributed by atoms with Crippen LogP contribution in [0.25, 0.3) is 0 Å². The summed E-state index contributed by atoms with van der Waals surface area (Å²) >= 11 is 0. The van der Waals surface area contributed by atoms with Crippen LogP contribution in [0.1, 0.15) is 36.5 Å². The first-order chi connectivity index (χ1) is 10.3. The molecule has 0 spiro atoms. The zero-order valence-electron chi connectivity index (χ0n) is 13.3. The molecule has 0 aromatic carbocycles. The van der Waals surface area contributed by atoms with E-state index in [0.29, 0.717) is 18.7 Å².